The van der Waals surface area contributed by atoms with Gasteiger partial charge in [-0.05, 0) is 37.8 Å². The van der Waals surface area contributed by atoms with Crippen molar-refractivity contribution in [3.63, 3.8) is 0 Å². The van der Waals surface area contributed by atoms with E-state index in [1.54, 1.807) is 0 Å². The lowest BCUT2D eigenvalue weighted by Gasteiger charge is -2.07. The molecule has 1 aromatic rings. The summed E-state index contributed by atoms with van der Waals surface area (Å²) in [5.41, 5.74) is 8.31. The Morgan fingerprint density at radius 3 is 2.38 bits per heavy atom. The minimum absolute atomic E-state index is 0.640. The van der Waals surface area contributed by atoms with Crippen molar-refractivity contribution >= 4 is 0 Å². The summed E-state index contributed by atoms with van der Waals surface area (Å²) in [4.78, 5) is 0. The lowest BCUT2D eigenvalue weighted by molar-refractivity contribution is 0.544. The quantitative estimate of drug-likeness (QED) is 0.751. The minimum atomic E-state index is 0.640. The Labute approximate surface area is 81.0 Å². The standard InChI is InChI=1S/C12H19N/c1-10-3-6-12(7-4-10)8-5-11(2)9-13/h3-4,6-7,11H,5,8-9,13H2,1-2H3. The average molecular weight is 177 g/mol. The monoisotopic (exact) mass is 177 g/mol. The molecule has 0 spiro atoms. The molecule has 0 aliphatic carbocycles. The number of aryl methyl sites for hydroxylation is 2. The highest BCUT2D eigenvalue weighted by Crippen LogP contribution is 2.09. The van der Waals surface area contributed by atoms with Crippen LogP contribution in [0.25, 0.3) is 0 Å². The molecule has 0 bridgehead atoms. The van der Waals surface area contributed by atoms with E-state index < -0.39 is 0 Å². The number of hydrogen-bond donors (Lipinski definition) is 1. The lowest BCUT2D eigenvalue weighted by atomic mass is 10.0. The molecule has 1 unspecified atom stereocenters. The van der Waals surface area contributed by atoms with Crippen LogP contribution >= 0.6 is 0 Å². The van der Waals surface area contributed by atoms with E-state index in [2.05, 4.69) is 38.1 Å². The van der Waals surface area contributed by atoms with Gasteiger partial charge >= 0.3 is 0 Å². The molecule has 1 atom stereocenters. The molecule has 2 N–H and O–H groups in total. The third-order valence-electron chi connectivity index (χ3n) is 2.45. The van der Waals surface area contributed by atoms with Gasteiger partial charge in [-0.15, -0.1) is 0 Å². The Bertz CT molecular complexity index is 238. The van der Waals surface area contributed by atoms with Gasteiger partial charge in [0.15, 0.2) is 0 Å². The molecular formula is C12H19N. The van der Waals surface area contributed by atoms with Crippen LogP contribution in [0, 0.1) is 12.8 Å². The summed E-state index contributed by atoms with van der Waals surface area (Å²) in [6.07, 6.45) is 2.35. The Balaban J connectivity index is 2.41. The van der Waals surface area contributed by atoms with Gasteiger partial charge in [-0.3, -0.25) is 0 Å². The predicted octanol–water partition coefficient (Wildman–Crippen LogP) is 2.52. The van der Waals surface area contributed by atoms with Crippen LogP contribution in [0.15, 0.2) is 24.3 Å². The molecule has 1 aromatic carbocycles. The number of rotatable bonds is 4. The first-order valence-electron chi connectivity index (χ1n) is 4.98. The zero-order chi connectivity index (χ0) is 9.68. The normalized spacial score (nSPS) is 12.8. The molecule has 0 aliphatic heterocycles. The summed E-state index contributed by atoms with van der Waals surface area (Å²) < 4.78 is 0. The van der Waals surface area contributed by atoms with Gasteiger partial charge in [0.1, 0.15) is 0 Å². The highest BCUT2D eigenvalue weighted by Gasteiger charge is 1.99. The van der Waals surface area contributed by atoms with Gasteiger partial charge in [-0.1, -0.05) is 36.8 Å². The summed E-state index contributed by atoms with van der Waals surface area (Å²) in [6, 6.07) is 8.75. The van der Waals surface area contributed by atoms with Crippen molar-refractivity contribution in [3.8, 4) is 0 Å². The SMILES string of the molecule is Cc1ccc(CCC(C)CN)cc1. The molecule has 0 saturated heterocycles. The molecule has 1 nitrogen and oxygen atoms in total. The van der Waals surface area contributed by atoms with E-state index in [1.165, 1.54) is 17.5 Å². The molecule has 0 fully saturated rings. The van der Waals surface area contributed by atoms with E-state index >= 15 is 0 Å². The molecule has 1 rings (SSSR count). The lowest BCUT2D eigenvalue weighted by Crippen LogP contribution is -2.11. The van der Waals surface area contributed by atoms with E-state index in [0.29, 0.717) is 5.92 Å². The van der Waals surface area contributed by atoms with E-state index in [9.17, 15) is 0 Å². The Morgan fingerprint density at radius 2 is 1.85 bits per heavy atom. The van der Waals surface area contributed by atoms with Crippen LogP contribution in [-0.2, 0) is 6.42 Å². The molecule has 13 heavy (non-hydrogen) atoms. The zero-order valence-corrected chi connectivity index (χ0v) is 8.59. The van der Waals surface area contributed by atoms with Crippen LogP contribution in [0.4, 0.5) is 0 Å². The maximum atomic E-state index is 5.56. The molecule has 0 saturated carbocycles. The predicted molar refractivity (Wildman–Crippen MR) is 57.7 cm³/mol. The molecule has 1 heteroatoms. The molecule has 0 amide bonds. The third kappa shape index (κ3) is 3.60. The molecule has 72 valence electrons. The highest BCUT2D eigenvalue weighted by molar-refractivity contribution is 5.21. The van der Waals surface area contributed by atoms with Gasteiger partial charge in [0.05, 0.1) is 0 Å². The van der Waals surface area contributed by atoms with Gasteiger partial charge in [0.2, 0.25) is 0 Å². The van der Waals surface area contributed by atoms with Crippen LogP contribution < -0.4 is 5.73 Å². The van der Waals surface area contributed by atoms with E-state index in [0.717, 1.165) is 13.0 Å². The van der Waals surface area contributed by atoms with Crippen molar-refractivity contribution in [2.24, 2.45) is 11.7 Å². The molecule has 0 radical (unpaired) electrons. The van der Waals surface area contributed by atoms with Gasteiger partial charge in [0, 0.05) is 0 Å². The van der Waals surface area contributed by atoms with Crippen molar-refractivity contribution in [1.29, 1.82) is 0 Å². The fourth-order valence-electron chi connectivity index (χ4n) is 1.29. The summed E-state index contributed by atoms with van der Waals surface area (Å²) in [6.45, 7) is 5.12. The smallest absolute Gasteiger partial charge is 0.00514 e. The van der Waals surface area contributed by atoms with E-state index in [1.807, 2.05) is 0 Å². The molecule has 0 aliphatic rings. The number of hydrogen-bond acceptors (Lipinski definition) is 1. The summed E-state index contributed by atoms with van der Waals surface area (Å²) in [5.74, 6) is 0.640. The Morgan fingerprint density at radius 1 is 1.23 bits per heavy atom. The minimum Gasteiger partial charge on any atom is -0.330 e. The maximum Gasteiger partial charge on any atom is -0.00514 e. The molecular weight excluding hydrogens is 158 g/mol. The van der Waals surface area contributed by atoms with Crippen molar-refractivity contribution in [2.75, 3.05) is 6.54 Å². The fourth-order valence-corrected chi connectivity index (χ4v) is 1.29. The average Bonchev–Trinajstić information content (AvgIpc) is 2.16. The molecule has 0 aromatic heterocycles. The van der Waals surface area contributed by atoms with Crippen LogP contribution in [-0.4, -0.2) is 6.54 Å². The second-order valence-electron chi connectivity index (χ2n) is 3.87. The summed E-state index contributed by atoms with van der Waals surface area (Å²) in [5, 5.41) is 0. The van der Waals surface area contributed by atoms with Gasteiger partial charge in [-0.2, -0.15) is 0 Å². The number of benzene rings is 1. The first-order chi connectivity index (χ1) is 6.22. The second-order valence-corrected chi connectivity index (χ2v) is 3.87. The van der Waals surface area contributed by atoms with Crippen molar-refractivity contribution < 1.29 is 0 Å². The fraction of sp³-hybridized carbons (Fsp3) is 0.500. The van der Waals surface area contributed by atoms with E-state index in [4.69, 9.17) is 5.73 Å². The first-order valence-corrected chi connectivity index (χ1v) is 4.98. The van der Waals surface area contributed by atoms with Crippen LogP contribution in [0.5, 0.6) is 0 Å². The Kier molecular flexibility index (Phi) is 3.97. The largest absolute Gasteiger partial charge is 0.330 e. The van der Waals surface area contributed by atoms with Crippen LogP contribution in [0.3, 0.4) is 0 Å². The molecule has 0 heterocycles. The third-order valence-corrected chi connectivity index (χ3v) is 2.45. The van der Waals surface area contributed by atoms with Gasteiger partial charge < -0.3 is 5.73 Å². The first kappa shape index (κ1) is 10.3. The topological polar surface area (TPSA) is 26.0 Å². The highest BCUT2D eigenvalue weighted by atomic mass is 14.5. The zero-order valence-electron chi connectivity index (χ0n) is 8.59. The Hall–Kier alpha value is -0.820. The van der Waals surface area contributed by atoms with Crippen molar-refractivity contribution in [1.82, 2.24) is 0 Å². The second kappa shape index (κ2) is 5.03. The van der Waals surface area contributed by atoms with E-state index in [-0.39, 0.29) is 0 Å². The summed E-state index contributed by atoms with van der Waals surface area (Å²) >= 11 is 0. The van der Waals surface area contributed by atoms with Gasteiger partial charge in [-0.25, -0.2) is 0 Å². The van der Waals surface area contributed by atoms with Crippen molar-refractivity contribution in [3.05, 3.63) is 35.4 Å². The van der Waals surface area contributed by atoms with Crippen LogP contribution in [0.2, 0.25) is 0 Å². The van der Waals surface area contributed by atoms with Crippen LogP contribution in [0.1, 0.15) is 24.5 Å². The summed E-state index contributed by atoms with van der Waals surface area (Å²) in [7, 11) is 0. The maximum absolute atomic E-state index is 5.56. The number of nitrogens with two attached hydrogens (primary N) is 1. The van der Waals surface area contributed by atoms with Crippen molar-refractivity contribution in [2.45, 2.75) is 26.7 Å². The van der Waals surface area contributed by atoms with Gasteiger partial charge in [0.25, 0.3) is 0 Å².